The molecule has 22 heavy (non-hydrogen) atoms. The summed E-state index contributed by atoms with van der Waals surface area (Å²) in [4.78, 5) is 11.6. The van der Waals surface area contributed by atoms with Crippen LogP contribution >= 0.6 is 11.3 Å². The van der Waals surface area contributed by atoms with E-state index in [9.17, 15) is 9.90 Å². The Morgan fingerprint density at radius 3 is 2.95 bits per heavy atom. The van der Waals surface area contributed by atoms with Crippen molar-refractivity contribution in [3.8, 4) is 5.75 Å². The molecule has 5 nitrogen and oxygen atoms in total. The lowest BCUT2D eigenvalue weighted by molar-refractivity contribution is 0.108. The van der Waals surface area contributed by atoms with Crippen LogP contribution in [0.5, 0.6) is 5.75 Å². The molecule has 2 aromatic rings. The zero-order valence-corrected chi connectivity index (χ0v) is 13.2. The molecular formula is C16H20N2O3S. The minimum absolute atomic E-state index is 0.133. The maximum absolute atomic E-state index is 11.6. The Kier molecular flexibility index (Phi) is 6.24. The Morgan fingerprint density at radius 1 is 1.36 bits per heavy atom. The van der Waals surface area contributed by atoms with Crippen LogP contribution in [0.1, 0.15) is 11.1 Å². The fraction of sp³-hybridized carbons (Fsp3) is 0.312. The molecule has 0 saturated carbocycles. The van der Waals surface area contributed by atoms with E-state index in [0.29, 0.717) is 12.3 Å². The van der Waals surface area contributed by atoms with Gasteiger partial charge >= 0.3 is 6.03 Å². The van der Waals surface area contributed by atoms with Crippen LogP contribution in [0.3, 0.4) is 0 Å². The molecule has 1 unspecified atom stereocenters. The van der Waals surface area contributed by atoms with Crippen LogP contribution in [0.25, 0.3) is 0 Å². The van der Waals surface area contributed by atoms with Gasteiger partial charge in [0.25, 0.3) is 0 Å². The third-order valence-corrected chi connectivity index (χ3v) is 3.70. The molecule has 0 bridgehead atoms. The van der Waals surface area contributed by atoms with Crippen LogP contribution in [0.2, 0.25) is 0 Å². The van der Waals surface area contributed by atoms with Crippen molar-refractivity contribution in [2.24, 2.45) is 0 Å². The zero-order valence-electron chi connectivity index (χ0n) is 12.4. The summed E-state index contributed by atoms with van der Waals surface area (Å²) in [5.41, 5.74) is 2.15. The van der Waals surface area contributed by atoms with Gasteiger partial charge in [0.1, 0.15) is 18.5 Å². The fourth-order valence-electron chi connectivity index (χ4n) is 1.81. The molecule has 0 spiro atoms. The molecule has 1 aromatic heterocycles. The maximum Gasteiger partial charge on any atom is 0.315 e. The van der Waals surface area contributed by atoms with Crippen LogP contribution in [0.4, 0.5) is 4.79 Å². The predicted octanol–water partition coefficient (Wildman–Crippen LogP) is 2.30. The molecule has 0 radical (unpaired) electrons. The molecule has 1 atom stereocenters. The number of benzene rings is 1. The molecule has 1 aromatic carbocycles. The first kappa shape index (κ1) is 16.3. The van der Waals surface area contributed by atoms with E-state index < -0.39 is 6.10 Å². The number of rotatable bonds is 7. The summed E-state index contributed by atoms with van der Waals surface area (Å²) in [7, 11) is 0. The standard InChI is InChI=1S/C16H20N2O3S/c1-12-3-2-4-15(7-12)21-10-14(19)9-18-16(20)17-8-13-5-6-22-11-13/h2-7,11,14,19H,8-10H2,1H3,(H2,17,18,20). The predicted molar refractivity (Wildman–Crippen MR) is 87.2 cm³/mol. The van der Waals surface area contributed by atoms with Gasteiger partial charge in [0.2, 0.25) is 0 Å². The molecule has 3 N–H and O–H groups in total. The molecule has 2 amide bonds. The van der Waals surface area contributed by atoms with Crippen molar-refractivity contribution < 1.29 is 14.6 Å². The average Bonchev–Trinajstić information content (AvgIpc) is 3.02. The summed E-state index contributed by atoms with van der Waals surface area (Å²) in [5, 5.41) is 19.1. The highest BCUT2D eigenvalue weighted by molar-refractivity contribution is 7.07. The SMILES string of the molecule is Cc1cccc(OCC(O)CNC(=O)NCc2ccsc2)c1. The highest BCUT2D eigenvalue weighted by atomic mass is 32.1. The minimum Gasteiger partial charge on any atom is -0.491 e. The van der Waals surface area contributed by atoms with E-state index in [4.69, 9.17) is 4.74 Å². The van der Waals surface area contributed by atoms with E-state index in [0.717, 1.165) is 11.1 Å². The number of hydrogen-bond donors (Lipinski definition) is 3. The van der Waals surface area contributed by atoms with Crippen molar-refractivity contribution in [1.29, 1.82) is 0 Å². The maximum atomic E-state index is 11.6. The highest BCUT2D eigenvalue weighted by Crippen LogP contribution is 2.12. The van der Waals surface area contributed by atoms with Gasteiger partial charge < -0.3 is 20.5 Å². The number of aryl methyl sites for hydroxylation is 1. The van der Waals surface area contributed by atoms with Crippen LogP contribution in [-0.2, 0) is 6.54 Å². The van der Waals surface area contributed by atoms with Gasteiger partial charge in [-0.1, -0.05) is 12.1 Å². The van der Waals surface area contributed by atoms with E-state index >= 15 is 0 Å². The first-order valence-electron chi connectivity index (χ1n) is 7.04. The topological polar surface area (TPSA) is 70.6 Å². The van der Waals surface area contributed by atoms with E-state index in [1.165, 1.54) is 0 Å². The lowest BCUT2D eigenvalue weighted by Crippen LogP contribution is -2.41. The van der Waals surface area contributed by atoms with Crippen LogP contribution in [0.15, 0.2) is 41.1 Å². The zero-order chi connectivity index (χ0) is 15.8. The van der Waals surface area contributed by atoms with Gasteiger partial charge in [-0.3, -0.25) is 0 Å². The minimum atomic E-state index is -0.757. The molecule has 0 aliphatic rings. The second-order valence-electron chi connectivity index (χ2n) is 4.98. The molecule has 6 heteroatoms. The molecule has 0 saturated heterocycles. The van der Waals surface area contributed by atoms with Gasteiger partial charge in [0.05, 0.1) is 0 Å². The second kappa shape index (κ2) is 8.41. The van der Waals surface area contributed by atoms with E-state index in [1.807, 2.05) is 48.0 Å². The van der Waals surface area contributed by atoms with Gasteiger partial charge in [0.15, 0.2) is 0 Å². The first-order valence-corrected chi connectivity index (χ1v) is 7.98. The number of aliphatic hydroxyl groups is 1. The van der Waals surface area contributed by atoms with E-state index in [-0.39, 0.29) is 19.2 Å². The number of urea groups is 1. The smallest absolute Gasteiger partial charge is 0.315 e. The number of aliphatic hydroxyl groups excluding tert-OH is 1. The first-order chi connectivity index (χ1) is 10.6. The summed E-state index contributed by atoms with van der Waals surface area (Å²) >= 11 is 1.59. The fourth-order valence-corrected chi connectivity index (χ4v) is 2.47. The number of amides is 2. The van der Waals surface area contributed by atoms with Crippen LogP contribution in [0, 0.1) is 6.92 Å². The van der Waals surface area contributed by atoms with Crippen LogP contribution in [-0.4, -0.2) is 30.4 Å². The number of carbonyl (C=O) groups excluding carboxylic acids is 1. The van der Waals surface area contributed by atoms with Crippen molar-refractivity contribution in [1.82, 2.24) is 10.6 Å². The van der Waals surface area contributed by atoms with Gasteiger partial charge in [0, 0.05) is 13.1 Å². The lowest BCUT2D eigenvalue weighted by atomic mass is 10.2. The quantitative estimate of drug-likeness (QED) is 0.733. The van der Waals surface area contributed by atoms with Crippen molar-refractivity contribution >= 4 is 17.4 Å². The van der Waals surface area contributed by atoms with Crippen molar-refractivity contribution in [3.63, 3.8) is 0 Å². The summed E-state index contributed by atoms with van der Waals surface area (Å²) in [6.07, 6.45) is -0.757. The van der Waals surface area contributed by atoms with Crippen molar-refractivity contribution in [2.45, 2.75) is 19.6 Å². The highest BCUT2D eigenvalue weighted by Gasteiger charge is 2.08. The van der Waals surface area contributed by atoms with Crippen molar-refractivity contribution in [3.05, 3.63) is 52.2 Å². The number of thiophene rings is 1. The molecule has 0 fully saturated rings. The largest absolute Gasteiger partial charge is 0.491 e. The summed E-state index contributed by atoms with van der Waals surface area (Å²) in [5.74, 6) is 0.709. The van der Waals surface area contributed by atoms with Gasteiger partial charge in [-0.15, -0.1) is 0 Å². The number of nitrogens with one attached hydrogen (secondary N) is 2. The van der Waals surface area contributed by atoms with Gasteiger partial charge in [-0.2, -0.15) is 11.3 Å². The third kappa shape index (κ3) is 5.75. The Balaban J connectivity index is 1.62. The van der Waals surface area contributed by atoms with E-state index in [1.54, 1.807) is 11.3 Å². The average molecular weight is 320 g/mol. The lowest BCUT2D eigenvalue weighted by Gasteiger charge is -2.14. The van der Waals surface area contributed by atoms with Crippen molar-refractivity contribution in [2.75, 3.05) is 13.2 Å². The Bertz CT molecular complexity index is 587. The summed E-state index contributed by atoms with van der Waals surface area (Å²) < 4.78 is 5.48. The summed E-state index contributed by atoms with van der Waals surface area (Å²) in [6, 6.07) is 9.25. The summed E-state index contributed by atoms with van der Waals surface area (Å²) in [6.45, 7) is 2.73. The Hall–Kier alpha value is -2.05. The third-order valence-electron chi connectivity index (χ3n) is 2.96. The van der Waals surface area contributed by atoms with Gasteiger partial charge in [-0.25, -0.2) is 4.79 Å². The molecule has 0 aliphatic heterocycles. The number of ether oxygens (including phenoxy) is 1. The molecule has 118 valence electrons. The number of carbonyl (C=O) groups is 1. The Labute approximate surface area is 133 Å². The Morgan fingerprint density at radius 2 is 2.23 bits per heavy atom. The van der Waals surface area contributed by atoms with Crippen LogP contribution < -0.4 is 15.4 Å². The number of hydrogen-bond acceptors (Lipinski definition) is 4. The van der Waals surface area contributed by atoms with E-state index in [2.05, 4.69) is 10.6 Å². The normalized spacial score (nSPS) is 11.7. The monoisotopic (exact) mass is 320 g/mol. The molecular weight excluding hydrogens is 300 g/mol. The molecule has 1 heterocycles. The molecule has 2 rings (SSSR count). The molecule has 0 aliphatic carbocycles. The van der Waals surface area contributed by atoms with Gasteiger partial charge in [-0.05, 0) is 47.0 Å². The second-order valence-corrected chi connectivity index (χ2v) is 5.76.